The first-order valence-corrected chi connectivity index (χ1v) is 11.8. The number of nitrogens with one attached hydrogen (secondary N) is 1. The minimum atomic E-state index is -0.140. The molecular weight excluding hydrogens is 450 g/mol. The molecule has 0 heterocycles. The monoisotopic (exact) mass is 477 g/mol. The zero-order valence-corrected chi connectivity index (χ0v) is 20.1. The SMILES string of the molecule is COc1ccc([C@H]2CCCC[C@H]2NC(=O)c2ccc(C(=O)c3cccc(Cl)c3)cc2)cc1OC. The summed E-state index contributed by atoms with van der Waals surface area (Å²) < 4.78 is 10.8. The molecule has 3 aromatic carbocycles. The van der Waals surface area contributed by atoms with Crippen molar-refractivity contribution in [3.63, 3.8) is 0 Å². The van der Waals surface area contributed by atoms with Gasteiger partial charge in [-0.1, -0.05) is 54.8 Å². The molecule has 1 fully saturated rings. The molecule has 34 heavy (non-hydrogen) atoms. The van der Waals surface area contributed by atoms with E-state index in [2.05, 4.69) is 5.32 Å². The van der Waals surface area contributed by atoms with E-state index in [1.807, 2.05) is 18.2 Å². The van der Waals surface area contributed by atoms with E-state index in [1.165, 1.54) is 0 Å². The van der Waals surface area contributed by atoms with Crippen molar-refractivity contribution >= 4 is 23.3 Å². The van der Waals surface area contributed by atoms with E-state index in [4.69, 9.17) is 21.1 Å². The van der Waals surface area contributed by atoms with Crippen LogP contribution in [0.5, 0.6) is 11.5 Å². The second-order valence-corrected chi connectivity index (χ2v) is 8.94. The third-order valence-corrected chi connectivity index (χ3v) is 6.65. The summed E-state index contributed by atoms with van der Waals surface area (Å²) in [5.41, 5.74) is 2.69. The fraction of sp³-hybridized carbons (Fsp3) is 0.286. The molecule has 0 unspecified atom stereocenters. The molecule has 0 aromatic heterocycles. The van der Waals surface area contributed by atoms with Gasteiger partial charge in [0.2, 0.25) is 0 Å². The van der Waals surface area contributed by atoms with Crippen molar-refractivity contribution in [2.75, 3.05) is 14.2 Å². The lowest BCUT2D eigenvalue weighted by atomic mass is 9.79. The number of carbonyl (C=O) groups excluding carboxylic acids is 2. The van der Waals surface area contributed by atoms with E-state index in [9.17, 15) is 9.59 Å². The van der Waals surface area contributed by atoms with Crippen LogP contribution in [0.1, 0.15) is 63.4 Å². The number of carbonyl (C=O) groups is 2. The quantitative estimate of drug-likeness (QED) is 0.421. The fourth-order valence-corrected chi connectivity index (χ4v) is 4.80. The molecule has 1 aliphatic rings. The maximum Gasteiger partial charge on any atom is 0.251 e. The van der Waals surface area contributed by atoms with Crippen LogP contribution in [0.2, 0.25) is 5.02 Å². The molecule has 0 bridgehead atoms. The highest BCUT2D eigenvalue weighted by atomic mass is 35.5. The first-order chi connectivity index (χ1) is 16.5. The van der Waals surface area contributed by atoms with Crippen LogP contribution in [0.25, 0.3) is 0 Å². The number of amides is 1. The number of rotatable bonds is 7. The summed E-state index contributed by atoms with van der Waals surface area (Å²) in [6, 6.07) is 19.6. The Kier molecular flexibility index (Phi) is 7.53. The van der Waals surface area contributed by atoms with Crippen LogP contribution in [0.15, 0.2) is 66.7 Å². The predicted molar refractivity (Wildman–Crippen MR) is 133 cm³/mol. The van der Waals surface area contributed by atoms with Crippen molar-refractivity contribution in [2.45, 2.75) is 37.6 Å². The molecule has 0 aliphatic heterocycles. The van der Waals surface area contributed by atoms with Gasteiger partial charge in [0.25, 0.3) is 5.91 Å². The number of methoxy groups -OCH3 is 2. The Balaban J connectivity index is 1.48. The van der Waals surface area contributed by atoms with Crippen LogP contribution < -0.4 is 14.8 Å². The third kappa shape index (κ3) is 5.26. The van der Waals surface area contributed by atoms with Gasteiger partial charge in [-0.2, -0.15) is 0 Å². The molecule has 176 valence electrons. The van der Waals surface area contributed by atoms with Crippen molar-refractivity contribution in [1.82, 2.24) is 5.32 Å². The second-order valence-electron chi connectivity index (χ2n) is 8.50. The molecule has 2 atom stereocenters. The van der Waals surface area contributed by atoms with Crippen molar-refractivity contribution in [1.29, 1.82) is 0 Å². The van der Waals surface area contributed by atoms with Crippen molar-refractivity contribution < 1.29 is 19.1 Å². The lowest BCUT2D eigenvalue weighted by Gasteiger charge is -2.33. The Morgan fingerprint density at radius 1 is 0.824 bits per heavy atom. The Morgan fingerprint density at radius 3 is 2.24 bits per heavy atom. The first-order valence-electron chi connectivity index (χ1n) is 11.4. The highest BCUT2D eigenvalue weighted by Gasteiger charge is 2.29. The van der Waals surface area contributed by atoms with Crippen LogP contribution >= 0.6 is 11.6 Å². The number of ether oxygens (including phenoxy) is 2. The molecule has 0 radical (unpaired) electrons. The molecular formula is C28H28ClNO4. The van der Waals surface area contributed by atoms with Gasteiger partial charge in [-0.25, -0.2) is 0 Å². The van der Waals surface area contributed by atoms with Gasteiger partial charge in [0.05, 0.1) is 14.2 Å². The number of hydrogen-bond acceptors (Lipinski definition) is 4. The number of ketones is 1. The van der Waals surface area contributed by atoms with E-state index < -0.39 is 0 Å². The zero-order valence-electron chi connectivity index (χ0n) is 19.3. The maximum atomic E-state index is 13.1. The smallest absolute Gasteiger partial charge is 0.251 e. The van der Waals surface area contributed by atoms with Gasteiger partial charge >= 0.3 is 0 Å². The fourth-order valence-electron chi connectivity index (χ4n) is 4.61. The van der Waals surface area contributed by atoms with E-state index in [-0.39, 0.29) is 23.7 Å². The van der Waals surface area contributed by atoms with E-state index in [0.717, 1.165) is 31.2 Å². The highest BCUT2D eigenvalue weighted by molar-refractivity contribution is 6.31. The van der Waals surface area contributed by atoms with Crippen LogP contribution in [-0.2, 0) is 0 Å². The van der Waals surface area contributed by atoms with Gasteiger partial charge in [0.1, 0.15) is 0 Å². The van der Waals surface area contributed by atoms with Crippen LogP contribution in [0.3, 0.4) is 0 Å². The van der Waals surface area contributed by atoms with Crippen molar-refractivity contribution in [3.8, 4) is 11.5 Å². The third-order valence-electron chi connectivity index (χ3n) is 6.41. The largest absolute Gasteiger partial charge is 0.493 e. The summed E-state index contributed by atoms with van der Waals surface area (Å²) >= 11 is 6.01. The molecule has 5 nitrogen and oxygen atoms in total. The van der Waals surface area contributed by atoms with Crippen molar-refractivity contribution in [2.24, 2.45) is 0 Å². The minimum Gasteiger partial charge on any atom is -0.493 e. The standard InChI is InChI=1S/C28H28ClNO4/c1-33-25-15-14-20(17-26(25)34-2)23-8-3-4-9-24(23)30-28(32)19-12-10-18(11-13-19)27(31)21-6-5-7-22(29)16-21/h5-7,10-17,23-24H,3-4,8-9H2,1-2H3,(H,30,32)/t23-,24-/m1/s1. The second kappa shape index (κ2) is 10.7. The summed E-state index contributed by atoms with van der Waals surface area (Å²) in [5.74, 6) is 1.31. The summed E-state index contributed by atoms with van der Waals surface area (Å²) in [6.45, 7) is 0. The van der Waals surface area contributed by atoms with Gasteiger partial charge in [0.15, 0.2) is 17.3 Å². The average molecular weight is 478 g/mol. The molecule has 0 spiro atoms. The molecule has 1 amide bonds. The number of hydrogen-bond donors (Lipinski definition) is 1. The van der Waals surface area contributed by atoms with Gasteiger partial charge in [-0.3, -0.25) is 9.59 Å². The normalized spacial score (nSPS) is 17.6. The molecule has 1 aliphatic carbocycles. The van der Waals surface area contributed by atoms with Gasteiger partial charge < -0.3 is 14.8 Å². The zero-order chi connectivity index (χ0) is 24.1. The number of halogens is 1. The van der Waals surface area contributed by atoms with Crippen molar-refractivity contribution in [3.05, 3.63) is 94.0 Å². The lowest BCUT2D eigenvalue weighted by Crippen LogP contribution is -2.41. The summed E-state index contributed by atoms with van der Waals surface area (Å²) in [5, 5.41) is 3.74. The first kappa shape index (κ1) is 23.8. The van der Waals surface area contributed by atoms with E-state index in [0.29, 0.717) is 33.2 Å². The van der Waals surface area contributed by atoms with Gasteiger partial charge in [-0.15, -0.1) is 0 Å². The Morgan fingerprint density at radius 2 is 1.53 bits per heavy atom. The predicted octanol–water partition coefficient (Wildman–Crippen LogP) is 6.04. The summed E-state index contributed by atoms with van der Waals surface area (Å²) in [6.07, 6.45) is 4.09. The van der Waals surface area contributed by atoms with E-state index in [1.54, 1.807) is 62.8 Å². The summed E-state index contributed by atoms with van der Waals surface area (Å²) in [7, 11) is 3.25. The Bertz CT molecular complexity index is 1180. The molecule has 3 aromatic rings. The minimum absolute atomic E-state index is 0.0205. The van der Waals surface area contributed by atoms with Crippen LogP contribution in [0.4, 0.5) is 0 Å². The summed E-state index contributed by atoms with van der Waals surface area (Å²) in [4.78, 5) is 25.8. The molecule has 1 saturated carbocycles. The van der Waals surface area contributed by atoms with Gasteiger partial charge in [-0.05, 0) is 54.8 Å². The lowest BCUT2D eigenvalue weighted by molar-refractivity contribution is 0.0919. The average Bonchev–Trinajstić information content (AvgIpc) is 2.88. The molecule has 4 rings (SSSR count). The van der Waals surface area contributed by atoms with Gasteiger partial charge in [0, 0.05) is 33.7 Å². The molecule has 6 heteroatoms. The maximum absolute atomic E-state index is 13.1. The van der Waals surface area contributed by atoms with Crippen LogP contribution in [0, 0.1) is 0 Å². The van der Waals surface area contributed by atoms with E-state index >= 15 is 0 Å². The Hall–Kier alpha value is -3.31. The molecule has 0 saturated heterocycles. The number of benzene rings is 3. The van der Waals surface area contributed by atoms with Crippen LogP contribution in [-0.4, -0.2) is 32.0 Å². The molecule has 1 N–H and O–H groups in total. The Labute approximate surface area is 205 Å². The highest BCUT2D eigenvalue weighted by Crippen LogP contribution is 2.37. The topological polar surface area (TPSA) is 64.6 Å².